The molecule has 0 saturated carbocycles. The van der Waals surface area contributed by atoms with E-state index in [2.05, 4.69) is 4.72 Å². The second-order valence-electron chi connectivity index (χ2n) is 5.07. The molecule has 1 saturated heterocycles. The topological polar surface area (TPSA) is 55.4 Å². The van der Waals surface area contributed by atoms with Gasteiger partial charge in [0.05, 0.1) is 11.0 Å². The minimum Gasteiger partial charge on any atom is -0.378 e. The number of sulfonamides is 1. The predicted molar refractivity (Wildman–Crippen MR) is 74.7 cm³/mol. The molecule has 1 aromatic carbocycles. The Morgan fingerprint density at radius 3 is 2.74 bits per heavy atom. The Bertz CT molecular complexity index is 534. The van der Waals surface area contributed by atoms with Crippen molar-refractivity contribution in [1.29, 1.82) is 0 Å². The van der Waals surface area contributed by atoms with Gasteiger partial charge < -0.3 is 4.74 Å². The van der Waals surface area contributed by atoms with Gasteiger partial charge in [0.25, 0.3) is 0 Å². The summed E-state index contributed by atoms with van der Waals surface area (Å²) in [6, 6.07) is 5.20. The van der Waals surface area contributed by atoms with Gasteiger partial charge in [-0.05, 0) is 56.4 Å². The third kappa shape index (κ3) is 3.78. The molecule has 106 valence electrons. The van der Waals surface area contributed by atoms with Crippen LogP contribution in [0.15, 0.2) is 23.1 Å². The fraction of sp³-hybridized carbons (Fsp3) is 0.571. The molecular weight excluding hydrogens is 262 g/mol. The van der Waals surface area contributed by atoms with Crippen molar-refractivity contribution in [3.63, 3.8) is 0 Å². The van der Waals surface area contributed by atoms with E-state index >= 15 is 0 Å². The van der Waals surface area contributed by atoms with Gasteiger partial charge in [-0.2, -0.15) is 0 Å². The number of ether oxygens (including phenoxy) is 1. The summed E-state index contributed by atoms with van der Waals surface area (Å²) in [5.41, 5.74) is 2.08. The van der Waals surface area contributed by atoms with Crippen LogP contribution in [0.2, 0.25) is 0 Å². The quantitative estimate of drug-likeness (QED) is 0.901. The molecule has 1 aliphatic heterocycles. The van der Waals surface area contributed by atoms with E-state index in [0.29, 0.717) is 11.4 Å². The number of aryl methyl sites for hydroxylation is 2. The summed E-state index contributed by atoms with van der Waals surface area (Å²) >= 11 is 0. The minimum atomic E-state index is -3.40. The lowest BCUT2D eigenvalue weighted by atomic mass is 10.1. The maximum Gasteiger partial charge on any atom is 0.240 e. The highest BCUT2D eigenvalue weighted by atomic mass is 32.2. The van der Waals surface area contributed by atoms with Crippen molar-refractivity contribution in [1.82, 2.24) is 4.72 Å². The standard InChI is InChI=1S/C14H21NO3S/c1-11-5-6-14(10-12(11)2)19(16,17)15-8-7-13-4-3-9-18-13/h5-6,10,13,15H,3-4,7-9H2,1-2H3/t13-/m1/s1. The summed E-state index contributed by atoms with van der Waals surface area (Å²) in [6.07, 6.45) is 3.06. The molecule has 1 fully saturated rings. The second-order valence-corrected chi connectivity index (χ2v) is 6.83. The zero-order valence-electron chi connectivity index (χ0n) is 11.5. The highest BCUT2D eigenvalue weighted by molar-refractivity contribution is 7.89. The lowest BCUT2D eigenvalue weighted by Crippen LogP contribution is -2.27. The van der Waals surface area contributed by atoms with Gasteiger partial charge in [0.15, 0.2) is 0 Å². The Hall–Kier alpha value is -0.910. The van der Waals surface area contributed by atoms with Crippen LogP contribution in [0.25, 0.3) is 0 Å². The van der Waals surface area contributed by atoms with Gasteiger partial charge in [-0.25, -0.2) is 13.1 Å². The first-order valence-corrected chi connectivity index (χ1v) is 8.16. The molecule has 0 aliphatic carbocycles. The first-order valence-electron chi connectivity index (χ1n) is 6.67. The zero-order valence-corrected chi connectivity index (χ0v) is 12.3. The predicted octanol–water partition coefficient (Wildman–Crippen LogP) is 2.15. The third-order valence-electron chi connectivity index (χ3n) is 3.57. The van der Waals surface area contributed by atoms with Gasteiger partial charge >= 0.3 is 0 Å². The van der Waals surface area contributed by atoms with Crippen LogP contribution in [0, 0.1) is 13.8 Å². The Kier molecular flexibility index (Phi) is 4.60. The van der Waals surface area contributed by atoms with Crippen LogP contribution in [-0.4, -0.2) is 27.7 Å². The number of benzene rings is 1. The summed E-state index contributed by atoms with van der Waals surface area (Å²) < 4.78 is 32.3. The van der Waals surface area contributed by atoms with Crippen molar-refractivity contribution >= 4 is 10.0 Å². The van der Waals surface area contributed by atoms with Crippen molar-refractivity contribution in [2.45, 2.75) is 44.1 Å². The Morgan fingerprint density at radius 1 is 1.32 bits per heavy atom. The van der Waals surface area contributed by atoms with Crippen molar-refractivity contribution < 1.29 is 13.2 Å². The molecule has 1 N–H and O–H groups in total. The molecule has 0 aromatic heterocycles. The summed E-state index contributed by atoms with van der Waals surface area (Å²) in [4.78, 5) is 0.336. The molecule has 2 rings (SSSR count). The third-order valence-corrected chi connectivity index (χ3v) is 5.03. The monoisotopic (exact) mass is 283 g/mol. The molecule has 1 aromatic rings. The molecule has 5 heteroatoms. The van der Waals surface area contributed by atoms with E-state index in [1.54, 1.807) is 12.1 Å². The van der Waals surface area contributed by atoms with Gasteiger partial charge in [-0.15, -0.1) is 0 Å². The summed E-state index contributed by atoms with van der Waals surface area (Å²) in [5.74, 6) is 0. The molecule has 0 spiro atoms. The summed E-state index contributed by atoms with van der Waals surface area (Å²) in [5, 5.41) is 0. The van der Waals surface area contributed by atoms with Gasteiger partial charge in [0, 0.05) is 13.2 Å². The molecule has 0 radical (unpaired) electrons. The van der Waals surface area contributed by atoms with Crippen LogP contribution in [0.5, 0.6) is 0 Å². The molecule has 0 amide bonds. The fourth-order valence-electron chi connectivity index (χ4n) is 2.19. The maximum absolute atomic E-state index is 12.1. The van der Waals surface area contributed by atoms with Crippen LogP contribution in [0.4, 0.5) is 0 Å². The molecule has 19 heavy (non-hydrogen) atoms. The molecule has 0 unspecified atom stereocenters. The zero-order chi connectivity index (χ0) is 13.9. The van der Waals surface area contributed by atoms with Crippen molar-refractivity contribution in [3.05, 3.63) is 29.3 Å². The fourth-order valence-corrected chi connectivity index (χ4v) is 3.32. The van der Waals surface area contributed by atoms with Crippen LogP contribution in [-0.2, 0) is 14.8 Å². The Labute approximate surface area is 115 Å². The van der Waals surface area contributed by atoms with Gasteiger partial charge in [0.2, 0.25) is 10.0 Å². The average molecular weight is 283 g/mol. The molecule has 4 nitrogen and oxygen atoms in total. The van der Waals surface area contributed by atoms with E-state index in [0.717, 1.165) is 37.0 Å². The molecule has 1 aliphatic rings. The Balaban J connectivity index is 1.95. The molecule has 1 atom stereocenters. The van der Waals surface area contributed by atoms with Gasteiger partial charge in [-0.1, -0.05) is 6.07 Å². The molecule has 1 heterocycles. The number of hydrogen-bond donors (Lipinski definition) is 1. The first kappa shape index (κ1) is 14.5. The highest BCUT2D eigenvalue weighted by Crippen LogP contribution is 2.16. The first-order chi connectivity index (χ1) is 8.99. The summed E-state index contributed by atoms with van der Waals surface area (Å²) in [7, 11) is -3.40. The largest absolute Gasteiger partial charge is 0.378 e. The van der Waals surface area contributed by atoms with Crippen LogP contribution < -0.4 is 4.72 Å². The number of rotatable bonds is 5. The molecular formula is C14H21NO3S. The van der Waals surface area contributed by atoms with Gasteiger partial charge in [-0.3, -0.25) is 0 Å². The van der Waals surface area contributed by atoms with Crippen molar-refractivity contribution in [2.75, 3.05) is 13.2 Å². The Morgan fingerprint density at radius 2 is 2.11 bits per heavy atom. The highest BCUT2D eigenvalue weighted by Gasteiger charge is 2.18. The smallest absolute Gasteiger partial charge is 0.240 e. The van der Waals surface area contributed by atoms with E-state index in [9.17, 15) is 8.42 Å². The lowest BCUT2D eigenvalue weighted by Gasteiger charge is -2.11. The summed E-state index contributed by atoms with van der Waals surface area (Å²) in [6.45, 7) is 5.12. The normalized spacial score (nSPS) is 19.8. The second kappa shape index (κ2) is 6.03. The van der Waals surface area contributed by atoms with E-state index in [1.165, 1.54) is 0 Å². The number of nitrogens with one attached hydrogen (secondary N) is 1. The van der Waals surface area contributed by atoms with Gasteiger partial charge in [0.1, 0.15) is 0 Å². The van der Waals surface area contributed by atoms with E-state index in [4.69, 9.17) is 4.74 Å². The van der Waals surface area contributed by atoms with Crippen molar-refractivity contribution in [2.24, 2.45) is 0 Å². The minimum absolute atomic E-state index is 0.211. The SMILES string of the molecule is Cc1ccc(S(=O)(=O)NCC[C@H]2CCCO2)cc1C. The lowest BCUT2D eigenvalue weighted by molar-refractivity contribution is 0.105. The maximum atomic E-state index is 12.1. The molecule has 0 bridgehead atoms. The van der Waals surface area contributed by atoms with Crippen LogP contribution in [0.1, 0.15) is 30.4 Å². The van der Waals surface area contributed by atoms with Crippen molar-refractivity contribution in [3.8, 4) is 0 Å². The van der Waals surface area contributed by atoms with Crippen LogP contribution in [0.3, 0.4) is 0 Å². The van der Waals surface area contributed by atoms with E-state index in [-0.39, 0.29) is 6.10 Å². The number of hydrogen-bond acceptors (Lipinski definition) is 3. The average Bonchev–Trinajstić information content (AvgIpc) is 2.85. The van der Waals surface area contributed by atoms with E-state index < -0.39 is 10.0 Å². The van der Waals surface area contributed by atoms with E-state index in [1.807, 2.05) is 19.9 Å². The van der Waals surface area contributed by atoms with Crippen LogP contribution >= 0.6 is 0 Å².